The zero-order valence-electron chi connectivity index (χ0n) is 11.9. The van der Waals surface area contributed by atoms with Gasteiger partial charge in [-0.05, 0) is 31.6 Å². The van der Waals surface area contributed by atoms with Gasteiger partial charge in [-0.3, -0.25) is 4.79 Å². The molecule has 2 aliphatic heterocycles. The molecule has 0 aromatic carbocycles. The highest BCUT2D eigenvalue weighted by atomic mass is 16.5. The molecular weight excluding hydrogens is 256 g/mol. The second-order valence-corrected chi connectivity index (χ2v) is 6.01. The van der Waals surface area contributed by atoms with Crippen molar-refractivity contribution in [2.75, 3.05) is 6.54 Å². The number of carbonyl (C=O) groups excluding carboxylic acids is 1. The summed E-state index contributed by atoms with van der Waals surface area (Å²) in [6, 6.07) is 1.29. The van der Waals surface area contributed by atoms with Gasteiger partial charge >= 0.3 is 0 Å². The fourth-order valence-electron chi connectivity index (χ4n) is 3.43. The molecule has 20 heavy (non-hydrogen) atoms. The number of carbonyl (C=O) groups is 1. The van der Waals surface area contributed by atoms with Gasteiger partial charge in [-0.25, -0.2) is 0 Å². The van der Waals surface area contributed by atoms with Crippen molar-refractivity contribution in [1.82, 2.24) is 20.8 Å². The first-order chi connectivity index (χ1) is 9.69. The Morgan fingerprint density at radius 3 is 2.80 bits per heavy atom. The number of aromatic nitrogens is 2. The van der Waals surface area contributed by atoms with Gasteiger partial charge in [0.15, 0.2) is 5.82 Å². The van der Waals surface area contributed by atoms with Crippen LogP contribution in [-0.2, 0) is 11.2 Å². The molecule has 2 atom stereocenters. The summed E-state index contributed by atoms with van der Waals surface area (Å²) in [4.78, 5) is 16.1. The van der Waals surface area contributed by atoms with E-state index in [2.05, 4.69) is 20.8 Å². The molecule has 0 saturated carbocycles. The third-order valence-corrected chi connectivity index (χ3v) is 4.29. The molecule has 2 unspecified atom stereocenters. The van der Waals surface area contributed by atoms with Gasteiger partial charge in [0.1, 0.15) is 0 Å². The zero-order valence-corrected chi connectivity index (χ0v) is 11.9. The van der Waals surface area contributed by atoms with E-state index < -0.39 is 0 Å². The molecule has 1 aromatic rings. The van der Waals surface area contributed by atoms with E-state index in [1.807, 2.05) is 0 Å². The summed E-state index contributed by atoms with van der Waals surface area (Å²) >= 11 is 0. The Balaban J connectivity index is 1.37. The second kappa shape index (κ2) is 5.91. The molecule has 2 aliphatic rings. The van der Waals surface area contributed by atoms with Crippen LogP contribution in [0.1, 0.15) is 43.8 Å². The van der Waals surface area contributed by atoms with Crippen molar-refractivity contribution in [3.63, 3.8) is 0 Å². The van der Waals surface area contributed by atoms with Gasteiger partial charge in [0.05, 0.1) is 0 Å². The van der Waals surface area contributed by atoms with E-state index in [9.17, 15) is 4.79 Å². The predicted octanol–water partition coefficient (Wildman–Crippen LogP) is 0.957. The average molecular weight is 278 g/mol. The normalized spacial score (nSPS) is 28.6. The Labute approximate surface area is 118 Å². The quantitative estimate of drug-likeness (QED) is 0.838. The summed E-state index contributed by atoms with van der Waals surface area (Å²) in [5.41, 5.74) is 0. The van der Waals surface area contributed by atoms with Crippen molar-refractivity contribution < 1.29 is 9.32 Å². The summed E-state index contributed by atoms with van der Waals surface area (Å²) in [5.74, 6) is 1.91. The lowest BCUT2D eigenvalue weighted by Gasteiger charge is -2.28. The summed E-state index contributed by atoms with van der Waals surface area (Å²) < 4.78 is 4.89. The lowest BCUT2D eigenvalue weighted by molar-refractivity contribution is -0.122. The number of piperidine rings is 1. The van der Waals surface area contributed by atoms with Crippen LogP contribution in [0.4, 0.5) is 0 Å². The SMILES string of the molecule is Cc1nc(CCNC(=O)CC2CC3CCC(C2)N3)no1. The van der Waals surface area contributed by atoms with Crippen LogP contribution in [0.2, 0.25) is 0 Å². The molecule has 1 aromatic heterocycles. The maximum Gasteiger partial charge on any atom is 0.223 e. The van der Waals surface area contributed by atoms with Crippen molar-refractivity contribution >= 4 is 5.91 Å². The Bertz CT molecular complexity index is 461. The van der Waals surface area contributed by atoms with Crippen LogP contribution >= 0.6 is 0 Å². The predicted molar refractivity (Wildman–Crippen MR) is 73.0 cm³/mol. The average Bonchev–Trinajstić information content (AvgIpc) is 2.96. The molecule has 2 fully saturated rings. The van der Waals surface area contributed by atoms with Gasteiger partial charge in [-0.15, -0.1) is 0 Å². The van der Waals surface area contributed by atoms with Crippen LogP contribution in [0.15, 0.2) is 4.52 Å². The minimum absolute atomic E-state index is 0.150. The monoisotopic (exact) mass is 278 g/mol. The number of aryl methyl sites for hydroxylation is 1. The van der Waals surface area contributed by atoms with Gasteiger partial charge in [-0.1, -0.05) is 5.16 Å². The lowest BCUT2D eigenvalue weighted by Crippen LogP contribution is -2.39. The Morgan fingerprint density at radius 2 is 2.15 bits per heavy atom. The maximum atomic E-state index is 11.9. The van der Waals surface area contributed by atoms with Crippen LogP contribution in [-0.4, -0.2) is 34.7 Å². The van der Waals surface area contributed by atoms with Crippen LogP contribution in [0, 0.1) is 12.8 Å². The first-order valence-electron chi connectivity index (χ1n) is 7.51. The number of amides is 1. The highest BCUT2D eigenvalue weighted by molar-refractivity contribution is 5.76. The Kier molecular flexibility index (Phi) is 4.00. The van der Waals surface area contributed by atoms with Crippen LogP contribution < -0.4 is 10.6 Å². The molecule has 0 aliphatic carbocycles. The number of nitrogens with zero attached hydrogens (tertiary/aromatic N) is 2. The highest BCUT2D eigenvalue weighted by Gasteiger charge is 2.34. The number of rotatable bonds is 5. The molecule has 6 heteroatoms. The Hall–Kier alpha value is -1.43. The van der Waals surface area contributed by atoms with E-state index in [1.54, 1.807) is 6.92 Å². The van der Waals surface area contributed by atoms with Crippen molar-refractivity contribution in [2.24, 2.45) is 5.92 Å². The van der Waals surface area contributed by atoms with Crippen molar-refractivity contribution in [1.29, 1.82) is 0 Å². The first kappa shape index (κ1) is 13.5. The molecule has 3 heterocycles. The van der Waals surface area contributed by atoms with E-state index >= 15 is 0 Å². The fraction of sp³-hybridized carbons (Fsp3) is 0.786. The van der Waals surface area contributed by atoms with E-state index in [4.69, 9.17) is 4.52 Å². The summed E-state index contributed by atoms with van der Waals surface area (Å²) in [6.45, 7) is 2.34. The van der Waals surface area contributed by atoms with Crippen LogP contribution in [0.3, 0.4) is 0 Å². The lowest BCUT2D eigenvalue weighted by atomic mass is 9.89. The smallest absolute Gasteiger partial charge is 0.223 e. The van der Waals surface area contributed by atoms with Gasteiger partial charge in [-0.2, -0.15) is 4.98 Å². The van der Waals surface area contributed by atoms with Crippen molar-refractivity contribution in [2.45, 2.75) is 57.5 Å². The van der Waals surface area contributed by atoms with E-state index in [0.29, 0.717) is 49.1 Å². The largest absolute Gasteiger partial charge is 0.356 e. The van der Waals surface area contributed by atoms with E-state index in [-0.39, 0.29) is 5.91 Å². The topological polar surface area (TPSA) is 80.0 Å². The third-order valence-electron chi connectivity index (χ3n) is 4.29. The first-order valence-corrected chi connectivity index (χ1v) is 7.51. The third kappa shape index (κ3) is 3.36. The number of fused-ring (bicyclic) bond motifs is 2. The standard InChI is InChI=1S/C14H22N4O2/c1-9-16-13(18-20-9)4-5-15-14(19)8-10-6-11-2-3-12(7-10)17-11/h10-12,17H,2-8H2,1H3,(H,15,19). The summed E-state index contributed by atoms with van der Waals surface area (Å²) in [6.07, 6.45) is 6.13. The van der Waals surface area contributed by atoms with E-state index in [1.165, 1.54) is 12.8 Å². The number of hydrogen-bond donors (Lipinski definition) is 2. The highest BCUT2D eigenvalue weighted by Crippen LogP contribution is 2.32. The molecule has 0 spiro atoms. The number of nitrogens with one attached hydrogen (secondary N) is 2. The maximum absolute atomic E-state index is 11.9. The molecular formula is C14H22N4O2. The molecule has 0 radical (unpaired) electrons. The second-order valence-electron chi connectivity index (χ2n) is 6.01. The Morgan fingerprint density at radius 1 is 1.40 bits per heavy atom. The molecule has 110 valence electrons. The molecule has 2 bridgehead atoms. The molecule has 3 rings (SSSR count). The van der Waals surface area contributed by atoms with Crippen LogP contribution in [0.25, 0.3) is 0 Å². The molecule has 1 amide bonds. The van der Waals surface area contributed by atoms with Crippen molar-refractivity contribution in [3.8, 4) is 0 Å². The van der Waals surface area contributed by atoms with Gasteiger partial charge in [0.2, 0.25) is 11.8 Å². The van der Waals surface area contributed by atoms with Gasteiger partial charge in [0, 0.05) is 38.4 Å². The molecule has 6 nitrogen and oxygen atoms in total. The van der Waals surface area contributed by atoms with Gasteiger partial charge < -0.3 is 15.2 Å². The van der Waals surface area contributed by atoms with Crippen LogP contribution in [0.5, 0.6) is 0 Å². The van der Waals surface area contributed by atoms with Crippen molar-refractivity contribution in [3.05, 3.63) is 11.7 Å². The summed E-state index contributed by atoms with van der Waals surface area (Å²) in [7, 11) is 0. The minimum atomic E-state index is 0.150. The molecule has 2 N–H and O–H groups in total. The zero-order chi connectivity index (χ0) is 13.9. The molecule has 2 saturated heterocycles. The summed E-state index contributed by atoms with van der Waals surface area (Å²) in [5, 5.41) is 10.4. The number of hydrogen-bond acceptors (Lipinski definition) is 5. The van der Waals surface area contributed by atoms with Gasteiger partial charge in [0.25, 0.3) is 0 Å². The van der Waals surface area contributed by atoms with E-state index in [0.717, 1.165) is 12.8 Å². The minimum Gasteiger partial charge on any atom is -0.356 e. The fourth-order valence-corrected chi connectivity index (χ4v) is 3.43.